The number of nitrogen functional groups attached to an aromatic ring is 2. The van der Waals surface area contributed by atoms with Crippen LogP contribution in [0.2, 0.25) is 0 Å². The van der Waals surface area contributed by atoms with Crippen molar-refractivity contribution in [2.45, 2.75) is 0 Å². The first-order chi connectivity index (χ1) is 12.1. The van der Waals surface area contributed by atoms with Gasteiger partial charge in [0.1, 0.15) is 5.75 Å². The Balaban J connectivity index is 0.000000150. The third-order valence-corrected chi connectivity index (χ3v) is 3.92. The van der Waals surface area contributed by atoms with Crippen LogP contribution in [-0.4, -0.2) is 5.11 Å². The third kappa shape index (κ3) is 4.09. The smallest absolute Gasteiger partial charge is 0.123 e. The number of fused-ring (bicyclic) bond motifs is 1. The first-order valence-corrected chi connectivity index (χ1v) is 8.02. The SMILES string of the molecule is Nc1ccc(-c2ccc(N)cc2)cc1.Oc1cccc2ccccc12. The molecule has 0 unspecified atom stereocenters. The number of rotatable bonds is 1. The Morgan fingerprint density at radius 3 is 1.52 bits per heavy atom. The van der Waals surface area contributed by atoms with E-state index in [9.17, 15) is 5.11 Å². The lowest BCUT2D eigenvalue weighted by Crippen LogP contribution is -1.85. The number of hydrogen-bond donors (Lipinski definition) is 3. The molecule has 0 bridgehead atoms. The van der Waals surface area contributed by atoms with Gasteiger partial charge in [0.25, 0.3) is 0 Å². The second-order valence-corrected chi connectivity index (χ2v) is 5.74. The highest BCUT2D eigenvalue weighted by molar-refractivity contribution is 5.87. The van der Waals surface area contributed by atoms with Gasteiger partial charge in [-0.05, 0) is 46.8 Å². The molecular weight excluding hydrogens is 308 g/mol. The number of nitrogens with two attached hydrogens (primary N) is 2. The van der Waals surface area contributed by atoms with Gasteiger partial charge in [-0.2, -0.15) is 0 Å². The van der Waals surface area contributed by atoms with E-state index in [1.807, 2.05) is 84.9 Å². The standard InChI is InChI=1S/C12H12N2.C10H8O/c13-11-5-1-9(2-6-11)10-3-7-12(14)8-4-10;11-10-7-3-5-8-4-1-2-6-9(8)10/h1-8H,13-14H2;1-7,11H. The summed E-state index contributed by atoms with van der Waals surface area (Å²) >= 11 is 0. The van der Waals surface area contributed by atoms with Crippen LogP contribution in [0.25, 0.3) is 21.9 Å². The largest absolute Gasteiger partial charge is 0.507 e. The van der Waals surface area contributed by atoms with Gasteiger partial charge < -0.3 is 16.6 Å². The zero-order chi connectivity index (χ0) is 17.6. The van der Waals surface area contributed by atoms with Crippen molar-refractivity contribution in [1.82, 2.24) is 0 Å². The van der Waals surface area contributed by atoms with E-state index in [0.29, 0.717) is 5.75 Å². The predicted molar refractivity (Wildman–Crippen MR) is 106 cm³/mol. The molecule has 5 N–H and O–H groups in total. The average molecular weight is 328 g/mol. The van der Waals surface area contributed by atoms with Crippen molar-refractivity contribution in [1.29, 1.82) is 0 Å². The van der Waals surface area contributed by atoms with Crippen LogP contribution in [-0.2, 0) is 0 Å². The Bertz CT molecular complexity index is 912. The van der Waals surface area contributed by atoms with Crippen LogP contribution in [0.4, 0.5) is 11.4 Å². The molecule has 4 aromatic rings. The number of hydrogen-bond acceptors (Lipinski definition) is 3. The Morgan fingerprint density at radius 2 is 1.00 bits per heavy atom. The molecule has 0 atom stereocenters. The maximum absolute atomic E-state index is 9.37. The maximum atomic E-state index is 9.37. The van der Waals surface area contributed by atoms with Gasteiger partial charge in [0.05, 0.1) is 0 Å². The monoisotopic (exact) mass is 328 g/mol. The van der Waals surface area contributed by atoms with E-state index >= 15 is 0 Å². The molecule has 4 rings (SSSR count). The minimum Gasteiger partial charge on any atom is -0.507 e. The molecule has 0 fully saturated rings. The van der Waals surface area contributed by atoms with Gasteiger partial charge >= 0.3 is 0 Å². The van der Waals surface area contributed by atoms with Crippen molar-refractivity contribution in [2.24, 2.45) is 0 Å². The van der Waals surface area contributed by atoms with Gasteiger partial charge in [0, 0.05) is 16.8 Å². The molecule has 0 spiro atoms. The molecular formula is C22H20N2O. The van der Waals surface area contributed by atoms with E-state index in [2.05, 4.69) is 0 Å². The highest BCUT2D eigenvalue weighted by atomic mass is 16.3. The van der Waals surface area contributed by atoms with Crippen LogP contribution in [0.3, 0.4) is 0 Å². The number of anilines is 2. The third-order valence-electron chi connectivity index (χ3n) is 3.92. The van der Waals surface area contributed by atoms with Crippen molar-refractivity contribution >= 4 is 22.1 Å². The Labute approximate surface area is 147 Å². The lowest BCUT2D eigenvalue weighted by Gasteiger charge is -2.02. The Morgan fingerprint density at radius 1 is 0.520 bits per heavy atom. The van der Waals surface area contributed by atoms with E-state index in [0.717, 1.165) is 33.3 Å². The topological polar surface area (TPSA) is 72.3 Å². The molecule has 124 valence electrons. The van der Waals surface area contributed by atoms with Crippen LogP contribution >= 0.6 is 0 Å². The number of phenolic OH excluding ortho intramolecular Hbond substituents is 1. The minimum atomic E-state index is 0.350. The van der Waals surface area contributed by atoms with E-state index in [4.69, 9.17) is 11.5 Å². The summed E-state index contributed by atoms with van der Waals surface area (Å²) in [7, 11) is 0. The second-order valence-electron chi connectivity index (χ2n) is 5.74. The molecule has 3 heteroatoms. The maximum Gasteiger partial charge on any atom is 0.123 e. The van der Waals surface area contributed by atoms with E-state index < -0.39 is 0 Å². The van der Waals surface area contributed by atoms with Crippen LogP contribution in [0.15, 0.2) is 91.0 Å². The van der Waals surface area contributed by atoms with Gasteiger partial charge in [-0.25, -0.2) is 0 Å². The van der Waals surface area contributed by atoms with Crippen molar-refractivity contribution in [3.05, 3.63) is 91.0 Å². The van der Waals surface area contributed by atoms with Crippen molar-refractivity contribution in [3.8, 4) is 16.9 Å². The molecule has 25 heavy (non-hydrogen) atoms. The molecule has 3 nitrogen and oxygen atoms in total. The van der Waals surface area contributed by atoms with Crippen LogP contribution in [0.5, 0.6) is 5.75 Å². The van der Waals surface area contributed by atoms with Crippen molar-refractivity contribution in [3.63, 3.8) is 0 Å². The summed E-state index contributed by atoms with van der Waals surface area (Å²) in [6, 6.07) is 28.9. The predicted octanol–water partition coefficient (Wildman–Crippen LogP) is 5.06. The molecule has 0 saturated carbocycles. The summed E-state index contributed by atoms with van der Waals surface area (Å²) < 4.78 is 0. The molecule has 0 amide bonds. The molecule has 0 saturated heterocycles. The summed E-state index contributed by atoms with van der Waals surface area (Å²) in [6.07, 6.45) is 0. The van der Waals surface area contributed by atoms with Crippen LogP contribution in [0, 0.1) is 0 Å². The van der Waals surface area contributed by atoms with Gasteiger partial charge in [0.15, 0.2) is 0 Å². The lowest BCUT2D eigenvalue weighted by molar-refractivity contribution is 0.481. The van der Waals surface area contributed by atoms with Crippen molar-refractivity contribution < 1.29 is 5.11 Å². The fraction of sp³-hybridized carbons (Fsp3) is 0. The summed E-state index contributed by atoms with van der Waals surface area (Å²) in [5, 5.41) is 11.4. The quantitative estimate of drug-likeness (QED) is 0.427. The first kappa shape index (κ1) is 16.4. The normalized spacial score (nSPS) is 10.1. The van der Waals surface area contributed by atoms with Gasteiger partial charge in [0.2, 0.25) is 0 Å². The highest BCUT2D eigenvalue weighted by Gasteiger charge is 1.96. The molecule has 0 heterocycles. The van der Waals surface area contributed by atoms with Gasteiger partial charge in [-0.15, -0.1) is 0 Å². The number of aromatic hydroxyl groups is 1. The van der Waals surface area contributed by atoms with Crippen molar-refractivity contribution in [2.75, 3.05) is 11.5 Å². The highest BCUT2D eigenvalue weighted by Crippen LogP contribution is 2.23. The fourth-order valence-electron chi connectivity index (χ4n) is 2.56. The fourth-order valence-corrected chi connectivity index (χ4v) is 2.56. The summed E-state index contributed by atoms with van der Waals surface area (Å²) in [6.45, 7) is 0. The molecule has 0 aliphatic rings. The summed E-state index contributed by atoms with van der Waals surface area (Å²) in [5.41, 5.74) is 15.1. The zero-order valence-corrected chi connectivity index (χ0v) is 13.8. The Kier molecular flexibility index (Phi) is 4.86. The molecule has 4 aromatic carbocycles. The molecule has 0 aromatic heterocycles. The van der Waals surface area contributed by atoms with E-state index in [1.165, 1.54) is 0 Å². The zero-order valence-electron chi connectivity index (χ0n) is 13.8. The second kappa shape index (κ2) is 7.41. The van der Waals surface area contributed by atoms with Gasteiger partial charge in [-0.3, -0.25) is 0 Å². The Hall–Kier alpha value is -3.46. The van der Waals surface area contributed by atoms with Crippen LogP contribution < -0.4 is 11.5 Å². The average Bonchev–Trinajstić information content (AvgIpc) is 2.64. The molecule has 0 radical (unpaired) electrons. The van der Waals surface area contributed by atoms with E-state index in [1.54, 1.807) is 6.07 Å². The molecule has 0 aliphatic carbocycles. The van der Waals surface area contributed by atoms with Gasteiger partial charge in [-0.1, -0.05) is 60.7 Å². The minimum absolute atomic E-state index is 0.350. The first-order valence-electron chi connectivity index (χ1n) is 8.02. The van der Waals surface area contributed by atoms with Crippen LogP contribution in [0.1, 0.15) is 0 Å². The number of phenols is 1. The summed E-state index contributed by atoms with van der Waals surface area (Å²) in [5.74, 6) is 0.350. The number of benzene rings is 4. The lowest BCUT2D eigenvalue weighted by atomic mass is 10.1. The molecule has 0 aliphatic heterocycles. The summed E-state index contributed by atoms with van der Waals surface area (Å²) in [4.78, 5) is 0. The van der Waals surface area contributed by atoms with E-state index in [-0.39, 0.29) is 0 Å².